The number of nitrogens with zero attached hydrogens (tertiary/aromatic N) is 4. The van der Waals surface area contributed by atoms with E-state index in [1.165, 1.54) is 24.4 Å². The lowest BCUT2D eigenvalue weighted by Crippen LogP contribution is -1.83. The van der Waals surface area contributed by atoms with Crippen LogP contribution >= 0.6 is 0 Å². The molecule has 0 bridgehead atoms. The van der Waals surface area contributed by atoms with Gasteiger partial charge in [-0.05, 0) is 12.1 Å². The van der Waals surface area contributed by atoms with Crippen molar-refractivity contribution < 1.29 is 14.7 Å². The minimum absolute atomic E-state index is 0.00333. The van der Waals surface area contributed by atoms with Crippen molar-refractivity contribution in [2.45, 2.75) is 0 Å². The Morgan fingerprint density at radius 1 is 1.17 bits per heavy atom. The Bertz CT molecular complexity index is 656. The van der Waals surface area contributed by atoms with Crippen molar-refractivity contribution >= 4 is 0 Å². The fraction of sp³-hybridized carbons (Fsp3) is 0. The summed E-state index contributed by atoms with van der Waals surface area (Å²) in [7, 11) is 0. The third-order valence-electron chi connectivity index (χ3n) is 2.30. The summed E-state index contributed by atoms with van der Waals surface area (Å²) in [6.07, 6.45) is 1.43. The summed E-state index contributed by atoms with van der Waals surface area (Å²) in [5, 5.41) is 32.8. The monoisotopic (exact) mass is 245 g/mol. The summed E-state index contributed by atoms with van der Waals surface area (Å²) >= 11 is 0. The molecule has 90 valence electrons. The van der Waals surface area contributed by atoms with Crippen molar-refractivity contribution in [3.05, 3.63) is 24.4 Å². The highest BCUT2D eigenvalue weighted by Crippen LogP contribution is 2.36. The van der Waals surface area contributed by atoms with Gasteiger partial charge in [0, 0.05) is 0 Å². The molecule has 0 aliphatic rings. The normalized spacial score (nSPS) is 10.7. The van der Waals surface area contributed by atoms with Gasteiger partial charge in [0.05, 0.1) is 6.20 Å². The molecule has 3 aromatic rings. The second kappa shape index (κ2) is 3.84. The first-order chi connectivity index (χ1) is 8.75. The van der Waals surface area contributed by atoms with Crippen LogP contribution in [0.15, 0.2) is 28.9 Å². The van der Waals surface area contributed by atoms with Crippen molar-refractivity contribution in [2.24, 2.45) is 0 Å². The van der Waals surface area contributed by atoms with Crippen LogP contribution < -0.4 is 0 Å². The van der Waals surface area contributed by atoms with E-state index < -0.39 is 0 Å². The van der Waals surface area contributed by atoms with Gasteiger partial charge in [-0.25, -0.2) is 0 Å². The van der Waals surface area contributed by atoms with Gasteiger partial charge in [-0.3, -0.25) is 0 Å². The Kier molecular flexibility index (Phi) is 2.19. The van der Waals surface area contributed by atoms with E-state index in [1.54, 1.807) is 0 Å². The molecule has 0 saturated carbocycles. The highest BCUT2D eigenvalue weighted by molar-refractivity contribution is 5.70. The second-order valence-corrected chi connectivity index (χ2v) is 3.45. The number of hydrogen-bond acceptors (Lipinski definition) is 7. The SMILES string of the molecule is Oc1cccc(O)c1-c1nc(-c2cn[nH]n2)no1. The molecule has 8 nitrogen and oxygen atoms in total. The van der Waals surface area contributed by atoms with Crippen LogP contribution in [0.2, 0.25) is 0 Å². The lowest BCUT2D eigenvalue weighted by Gasteiger charge is -2.00. The zero-order valence-electron chi connectivity index (χ0n) is 8.90. The summed E-state index contributed by atoms with van der Waals surface area (Å²) in [6.45, 7) is 0. The molecular formula is C10H7N5O3. The fourth-order valence-corrected chi connectivity index (χ4v) is 1.49. The van der Waals surface area contributed by atoms with E-state index in [2.05, 4.69) is 25.6 Å². The molecule has 0 aliphatic carbocycles. The zero-order chi connectivity index (χ0) is 12.5. The van der Waals surface area contributed by atoms with Gasteiger partial charge in [-0.15, -0.1) is 0 Å². The van der Waals surface area contributed by atoms with Crippen molar-refractivity contribution in [3.63, 3.8) is 0 Å². The minimum Gasteiger partial charge on any atom is -0.507 e. The molecule has 18 heavy (non-hydrogen) atoms. The Hall–Kier alpha value is -2.90. The maximum Gasteiger partial charge on any atom is 0.265 e. The predicted octanol–water partition coefficient (Wildman–Crippen LogP) is 0.933. The van der Waals surface area contributed by atoms with Crippen LogP contribution in [0, 0.1) is 0 Å². The van der Waals surface area contributed by atoms with Crippen LogP contribution in [0.5, 0.6) is 11.5 Å². The number of phenols is 2. The molecule has 3 rings (SSSR count). The molecule has 0 fully saturated rings. The van der Waals surface area contributed by atoms with Gasteiger partial charge in [0.15, 0.2) is 5.69 Å². The van der Waals surface area contributed by atoms with Gasteiger partial charge in [-0.2, -0.15) is 20.4 Å². The maximum absolute atomic E-state index is 9.66. The van der Waals surface area contributed by atoms with Crippen LogP contribution in [0.4, 0.5) is 0 Å². The summed E-state index contributed by atoms with van der Waals surface area (Å²) in [5.41, 5.74) is 0.486. The van der Waals surface area contributed by atoms with Gasteiger partial charge in [-0.1, -0.05) is 11.2 Å². The lowest BCUT2D eigenvalue weighted by molar-refractivity contribution is 0.416. The largest absolute Gasteiger partial charge is 0.507 e. The fourth-order valence-electron chi connectivity index (χ4n) is 1.49. The first-order valence-corrected chi connectivity index (χ1v) is 4.97. The van der Waals surface area contributed by atoms with E-state index in [0.717, 1.165) is 0 Å². The number of phenolic OH excluding ortho intramolecular Hbond substituents is 2. The topological polar surface area (TPSA) is 121 Å². The van der Waals surface area contributed by atoms with Crippen molar-refractivity contribution in [1.29, 1.82) is 0 Å². The molecule has 0 spiro atoms. The first-order valence-electron chi connectivity index (χ1n) is 4.97. The summed E-state index contributed by atoms with van der Waals surface area (Å²) in [4.78, 5) is 4.02. The molecule has 2 aromatic heterocycles. The Labute approximate surface area is 99.9 Å². The number of aromatic nitrogens is 5. The molecular weight excluding hydrogens is 238 g/mol. The second-order valence-electron chi connectivity index (χ2n) is 3.45. The molecule has 0 amide bonds. The average Bonchev–Trinajstić information content (AvgIpc) is 2.99. The molecule has 0 unspecified atom stereocenters. The molecule has 0 atom stereocenters. The van der Waals surface area contributed by atoms with Crippen LogP contribution in [0.3, 0.4) is 0 Å². The predicted molar refractivity (Wildman–Crippen MR) is 58.4 cm³/mol. The van der Waals surface area contributed by atoms with Crippen LogP contribution in [-0.2, 0) is 0 Å². The zero-order valence-corrected chi connectivity index (χ0v) is 8.90. The standard InChI is InChI=1S/C10H7N5O3/c16-6-2-1-3-7(17)8(6)10-12-9(14-18-10)5-4-11-15-13-5/h1-4,16-17H,(H,11,13,15). The molecule has 0 saturated heterocycles. The minimum atomic E-state index is -0.148. The van der Waals surface area contributed by atoms with E-state index in [1.807, 2.05) is 0 Å². The number of hydrogen-bond donors (Lipinski definition) is 3. The van der Waals surface area contributed by atoms with Gasteiger partial charge in [0.25, 0.3) is 5.89 Å². The van der Waals surface area contributed by atoms with Gasteiger partial charge >= 0.3 is 0 Å². The Morgan fingerprint density at radius 2 is 1.94 bits per heavy atom. The van der Waals surface area contributed by atoms with Gasteiger partial charge in [0.2, 0.25) is 5.82 Å². The Balaban J connectivity index is 2.09. The number of benzene rings is 1. The number of rotatable bonds is 2. The van der Waals surface area contributed by atoms with Gasteiger partial charge in [0.1, 0.15) is 17.1 Å². The summed E-state index contributed by atoms with van der Waals surface area (Å²) in [6, 6.07) is 4.33. The highest BCUT2D eigenvalue weighted by atomic mass is 16.5. The molecule has 3 N–H and O–H groups in total. The van der Waals surface area contributed by atoms with Crippen molar-refractivity contribution in [3.8, 4) is 34.5 Å². The van der Waals surface area contributed by atoms with E-state index in [4.69, 9.17) is 4.52 Å². The van der Waals surface area contributed by atoms with Crippen molar-refractivity contribution in [1.82, 2.24) is 25.6 Å². The third-order valence-corrected chi connectivity index (χ3v) is 2.30. The summed E-state index contributed by atoms with van der Waals surface area (Å²) in [5.74, 6) is -0.0827. The number of nitrogens with one attached hydrogen (secondary N) is 1. The molecule has 8 heteroatoms. The molecule has 0 aliphatic heterocycles. The van der Waals surface area contributed by atoms with Crippen LogP contribution in [0.1, 0.15) is 0 Å². The number of aromatic hydroxyl groups is 2. The molecule has 0 radical (unpaired) electrons. The smallest absolute Gasteiger partial charge is 0.265 e. The highest BCUT2D eigenvalue weighted by Gasteiger charge is 2.18. The van der Waals surface area contributed by atoms with Gasteiger partial charge < -0.3 is 14.7 Å². The maximum atomic E-state index is 9.66. The van der Waals surface area contributed by atoms with E-state index in [9.17, 15) is 10.2 Å². The van der Waals surface area contributed by atoms with Crippen molar-refractivity contribution in [2.75, 3.05) is 0 Å². The van der Waals surface area contributed by atoms with Crippen LogP contribution in [0.25, 0.3) is 23.0 Å². The third kappa shape index (κ3) is 1.56. The van der Waals surface area contributed by atoms with Crippen LogP contribution in [-0.4, -0.2) is 35.8 Å². The average molecular weight is 245 g/mol. The summed E-state index contributed by atoms with van der Waals surface area (Å²) < 4.78 is 4.97. The molecule has 1 aromatic carbocycles. The van der Waals surface area contributed by atoms with E-state index in [0.29, 0.717) is 5.69 Å². The number of H-pyrrole nitrogens is 1. The number of aromatic amines is 1. The Morgan fingerprint density at radius 3 is 2.61 bits per heavy atom. The lowest BCUT2D eigenvalue weighted by atomic mass is 10.2. The first kappa shape index (κ1) is 10.3. The van der Waals surface area contributed by atoms with E-state index in [-0.39, 0.29) is 28.8 Å². The quantitative estimate of drug-likeness (QED) is 0.614. The molecule has 2 heterocycles. The van der Waals surface area contributed by atoms with E-state index >= 15 is 0 Å².